The van der Waals surface area contributed by atoms with Gasteiger partial charge in [-0.2, -0.15) is 0 Å². The molecule has 2 aromatic carbocycles. The molecule has 0 saturated carbocycles. The zero-order valence-corrected chi connectivity index (χ0v) is 12.9. The summed E-state index contributed by atoms with van der Waals surface area (Å²) in [5, 5.41) is 0.755. The third kappa shape index (κ3) is 2.67. The van der Waals surface area contributed by atoms with Gasteiger partial charge >= 0.3 is 0 Å². The number of nitrogens with zero attached hydrogens (tertiary/aromatic N) is 2. The molecule has 1 aromatic heterocycles. The van der Waals surface area contributed by atoms with Gasteiger partial charge in [0.25, 0.3) is 5.91 Å². The van der Waals surface area contributed by atoms with E-state index in [1.165, 1.54) is 0 Å². The number of carbonyl (C=O) groups excluding carboxylic acids is 1. The SMILES string of the molecule is CCN(C(=O)c1cccc(C)c1)c1nc2ccccc2s1. The minimum atomic E-state index is 0.000237. The van der Waals surface area contributed by atoms with Crippen LogP contribution in [0.3, 0.4) is 0 Å². The summed E-state index contributed by atoms with van der Waals surface area (Å²) in [4.78, 5) is 19.0. The predicted octanol–water partition coefficient (Wildman–Crippen LogP) is 4.27. The first kappa shape index (κ1) is 13.8. The first-order valence-corrected chi connectivity index (χ1v) is 7.75. The smallest absolute Gasteiger partial charge is 0.260 e. The molecule has 1 amide bonds. The minimum Gasteiger partial charge on any atom is -0.284 e. The van der Waals surface area contributed by atoms with Crippen LogP contribution in [-0.2, 0) is 0 Å². The Morgan fingerprint density at radius 3 is 2.71 bits per heavy atom. The van der Waals surface area contributed by atoms with E-state index in [0.29, 0.717) is 12.1 Å². The number of anilines is 1. The van der Waals surface area contributed by atoms with Gasteiger partial charge in [-0.1, -0.05) is 41.2 Å². The molecular formula is C17H16N2OS. The molecule has 0 fully saturated rings. The predicted molar refractivity (Wildman–Crippen MR) is 88.1 cm³/mol. The quantitative estimate of drug-likeness (QED) is 0.723. The summed E-state index contributed by atoms with van der Waals surface area (Å²) in [5.41, 5.74) is 2.73. The second kappa shape index (κ2) is 5.66. The third-order valence-corrected chi connectivity index (χ3v) is 4.40. The molecule has 0 saturated heterocycles. The molecule has 0 aliphatic rings. The summed E-state index contributed by atoms with van der Waals surface area (Å²) in [6, 6.07) is 15.6. The van der Waals surface area contributed by atoms with Crippen molar-refractivity contribution >= 4 is 32.6 Å². The van der Waals surface area contributed by atoms with Crippen LogP contribution in [0.15, 0.2) is 48.5 Å². The van der Waals surface area contributed by atoms with Crippen molar-refractivity contribution in [3.63, 3.8) is 0 Å². The first-order chi connectivity index (χ1) is 10.2. The Labute approximate surface area is 127 Å². The van der Waals surface area contributed by atoms with Crippen LogP contribution in [0.5, 0.6) is 0 Å². The molecule has 0 spiro atoms. The fourth-order valence-electron chi connectivity index (χ4n) is 2.28. The molecule has 0 bridgehead atoms. The number of amides is 1. The van der Waals surface area contributed by atoms with Crippen molar-refractivity contribution in [1.29, 1.82) is 0 Å². The molecule has 0 N–H and O–H groups in total. The molecule has 3 rings (SSSR count). The largest absolute Gasteiger partial charge is 0.284 e. The molecule has 1 heterocycles. The minimum absolute atomic E-state index is 0.000237. The normalized spacial score (nSPS) is 10.8. The van der Waals surface area contributed by atoms with Gasteiger partial charge in [0.2, 0.25) is 0 Å². The molecule has 106 valence electrons. The summed E-state index contributed by atoms with van der Waals surface area (Å²) in [5.74, 6) is 0.000237. The lowest BCUT2D eigenvalue weighted by Gasteiger charge is -2.17. The van der Waals surface area contributed by atoms with E-state index in [1.807, 2.05) is 62.4 Å². The lowest BCUT2D eigenvalue weighted by Crippen LogP contribution is -2.30. The number of aryl methyl sites for hydroxylation is 1. The standard InChI is InChI=1S/C17H16N2OS/c1-3-19(16(20)13-8-6-7-12(2)11-13)17-18-14-9-4-5-10-15(14)21-17/h4-11H,3H2,1-2H3. The zero-order valence-electron chi connectivity index (χ0n) is 12.0. The van der Waals surface area contributed by atoms with Crippen molar-refractivity contribution in [3.8, 4) is 0 Å². The maximum atomic E-state index is 12.7. The number of para-hydroxylation sites is 1. The Hall–Kier alpha value is -2.20. The van der Waals surface area contributed by atoms with Crippen LogP contribution in [-0.4, -0.2) is 17.4 Å². The molecule has 21 heavy (non-hydrogen) atoms. The van der Waals surface area contributed by atoms with Crippen molar-refractivity contribution in [2.75, 3.05) is 11.4 Å². The second-order valence-electron chi connectivity index (χ2n) is 4.88. The Morgan fingerprint density at radius 1 is 1.19 bits per heavy atom. The Kier molecular flexibility index (Phi) is 3.71. The van der Waals surface area contributed by atoms with Gasteiger partial charge in [0.1, 0.15) is 0 Å². The summed E-state index contributed by atoms with van der Waals surface area (Å²) in [6.07, 6.45) is 0. The Morgan fingerprint density at radius 2 is 2.00 bits per heavy atom. The lowest BCUT2D eigenvalue weighted by molar-refractivity contribution is 0.0988. The lowest BCUT2D eigenvalue weighted by atomic mass is 10.1. The average Bonchev–Trinajstić information content (AvgIpc) is 2.91. The van der Waals surface area contributed by atoms with Gasteiger partial charge in [-0.25, -0.2) is 4.98 Å². The molecular weight excluding hydrogens is 280 g/mol. The van der Waals surface area contributed by atoms with Gasteiger partial charge in [-0.3, -0.25) is 9.69 Å². The number of hydrogen-bond donors (Lipinski definition) is 0. The highest BCUT2D eigenvalue weighted by Gasteiger charge is 2.19. The number of hydrogen-bond acceptors (Lipinski definition) is 3. The molecule has 0 unspecified atom stereocenters. The van der Waals surface area contributed by atoms with Crippen molar-refractivity contribution < 1.29 is 4.79 Å². The number of thiazole rings is 1. The van der Waals surface area contributed by atoms with Gasteiger partial charge in [0.05, 0.1) is 10.2 Å². The molecule has 0 aliphatic heterocycles. The van der Waals surface area contributed by atoms with Crippen LogP contribution >= 0.6 is 11.3 Å². The highest BCUT2D eigenvalue weighted by Crippen LogP contribution is 2.29. The van der Waals surface area contributed by atoms with Crippen LogP contribution in [0.1, 0.15) is 22.8 Å². The summed E-state index contributed by atoms with van der Waals surface area (Å²) in [7, 11) is 0. The van der Waals surface area contributed by atoms with E-state index in [9.17, 15) is 4.79 Å². The second-order valence-corrected chi connectivity index (χ2v) is 5.89. The van der Waals surface area contributed by atoms with E-state index in [4.69, 9.17) is 0 Å². The van der Waals surface area contributed by atoms with Crippen molar-refractivity contribution in [2.45, 2.75) is 13.8 Å². The van der Waals surface area contributed by atoms with E-state index in [0.717, 1.165) is 20.9 Å². The van der Waals surface area contributed by atoms with E-state index in [-0.39, 0.29) is 5.91 Å². The van der Waals surface area contributed by atoms with Gasteiger partial charge in [0, 0.05) is 12.1 Å². The summed E-state index contributed by atoms with van der Waals surface area (Å²) in [6.45, 7) is 4.57. The van der Waals surface area contributed by atoms with Gasteiger partial charge in [0.15, 0.2) is 5.13 Å². The molecule has 0 aliphatic carbocycles. The van der Waals surface area contributed by atoms with E-state index in [1.54, 1.807) is 16.2 Å². The van der Waals surface area contributed by atoms with Gasteiger partial charge < -0.3 is 0 Å². The Bertz CT molecular complexity index is 761. The monoisotopic (exact) mass is 296 g/mol. The topological polar surface area (TPSA) is 33.2 Å². The highest BCUT2D eigenvalue weighted by molar-refractivity contribution is 7.22. The first-order valence-electron chi connectivity index (χ1n) is 6.93. The van der Waals surface area contributed by atoms with Crippen molar-refractivity contribution in [2.24, 2.45) is 0 Å². The van der Waals surface area contributed by atoms with E-state index in [2.05, 4.69) is 4.98 Å². The molecule has 3 nitrogen and oxygen atoms in total. The van der Waals surface area contributed by atoms with Gasteiger partial charge in [-0.15, -0.1) is 0 Å². The van der Waals surface area contributed by atoms with Crippen molar-refractivity contribution in [3.05, 3.63) is 59.7 Å². The van der Waals surface area contributed by atoms with Gasteiger partial charge in [-0.05, 0) is 38.1 Å². The van der Waals surface area contributed by atoms with Crippen LogP contribution in [0.4, 0.5) is 5.13 Å². The molecule has 3 aromatic rings. The fourth-order valence-corrected chi connectivity index (χ4v) is 3.30. The van der Waals surface area contributed by atoms with E-state index < -0.39 is 0 Å². The van der Waals surface area contributed by atoms with Crippen LogP contribution < -0.4 is 4.90 Å². The number of aromatic nitrogens is 1. The van der Waals surface area contributed by atoms with Crippen LogP contribution in [0, 0.1) is 6.92 Å². The maximum Gasteiger partial charge on any atom is 0.260 e. The third-order valence-electron chi connectivity index (χ3n) is 3.34. The Balaban J connectivity index is 1.99. The van der Waals surface area contributed by atoms with Crippen molar-refractivity contribution in [1.82, 2.24) is 4.98 Å². The van der Waals surface area contributed by atoms with Crippen LogP contribution in [0.25, 0.3) is 10.2 Å². The van der Waals surface area contributed by atoms with E-state index >= 15 is 0 Å². The molecule has 4 heteroatoms. The number of benzene rings is 2. The number of carbonyl (C=O) groups is 1. The fraction of sp³-hybridized carbons (Fsp3) is 0.176. The number of fused-ring (bicyclic) bond motifs is 1. The average molecular weight is 296 g/mol. The summed E-state index contributed by atoms with van der Waals surface area (Å²) >= 11 is 1.55. The highest BCUT2D eigenvalue weighted by atomic mass is 32.1. The maximum absolute atomic E-state index is 12.7. The number of rotatable bonds is 3. The molecule has 0 radical (unpaired) electrons. The zero-order chi connectivity index (χ0) is 14.8. The molecule has 0 atom stereocenters. The van der Waals surface area contributed by atoms with Crippen LogP contribution in [0.2, 0.25) is 0 Å². The summed E-state index contributed by atoms with van der Waals surface area (Å²) < 4.78 is 1.10.